The van der Waals surface area contributed by atoms with E-state index in [-0.39, 0.29) is 5.91 Å². The molecule has 0 bridgehead atoms. The molecule has 0 radical (unpaired) electrons. The normalized spacial score (nSPS) is 23.5. The summed E-state index contributed by atoms with van der Waals surface area (Å²) in [6.07, 6.45) is 3.48. The van der Waals surface area contributed by atoms with Gasteiger partial charge in [-0.3, -0.25) is 4.79 Å². The van der Waals surface area contributed by atoms with Gasteiger partial charge < -0.3 is 14.9 Å². The molecule has 1 aliphatic carbocycles. The molecule has 22 heavy (non-hydrogen) atoms. The standard InChI is InChI=1S/C18H26N2O2/c1-19-11-13-20(14-12-19)17(21)16(15-7-3-2-4-8-15)18(22)9-5-6-10-18/h2-4,7-8,16,22H,5-6,9-14H2,1H3. The van der Waals surface area contributed by atoms with Crippen molar-refractivity contribution >= 4 is 5.91 Å². The number of hydrogen-bond donors (Lipinski definition) is 1. The van der Waals surface area contributed by atoms with Crippen molar-refractivity contribution < 1.29 is 9.90 Å². The molecule has 1 heterocycles. The van der Waals surface area contributed by atoms with Crippen LogP contribution in [0.2, 0.25) is 0 Å². The van der Waals surface area contributed by atoms with Crippen molar-refractivity contribution in [2.45, 2.75) is 37.2 Å². The minimum absolute atomic E-state index is 0.101. The topological polar surface area (TPSA) is 43.8 Å². The van der Waals surface area contributed by atoms with Gasteiger partial charge in [-0.1, -0.05) is 43.2 Å². The van der Waals surface area contributed by atoms with Crippen LogP contribution in [0.3, 0.4) is 0 Å². The van der Waals surface area contributed by atoms with Crippen LogP contribution in [0, 0.1) is 0 Å². The summed E-state index contributed by atoms with van der Waals surface area (Å²) in [4.78, 5) is 17.3. The predicted molar refractivity (Wildman–Crippen MR) is 86.7 cm³/mol. The summed E-state index contributed by atoms with van der Waals surface area (Å²) in [5.41, 5.74) is 0.0812. The van der Waals surface area contributed by atoms with Crippen LogP contribution in [0.25, 0.3) is 0 Å². The Balaban J connectivity index is 1.87. The van der Waals surface area contributed by atoms with Crippen molar-refractivity contribution in [3.8, 4) is 0 Å². The summed E-state index contributed by atoms with van der Waals surface area (Å²) >= 11 is 0. The fraction of sp³-hybridized carbons (Fsp3) is 0.611. The van der Waals surface area contributed by atoms with Crippen LogP contribution in [0.4, 0.5) is 0 Å². The third kappa shape index (κ3) is 3.03. The number of likely N-dealkylation sites (N-methyl/N-ethyl adjacent to an activating group) is 1. The van der Waals surface area contributed by atoms with Crippen molar-refractivity contribution in [3.63, 3.8) is 0 Å². The van der Waals surface area contributed by atoms with Gasteiger partial charge in [0.1, 0.15) is 0 Å². The number of amides is 1. The number of piperazine rings is 1. The Bertz CT molecular complexity index is 503. The van der Waals surface area contributed by atoms with E-state index in [1.807, 2.05) is 35.2 Å². The first-order chi connectivity index (χ1) is 10.6. The average molecular weight is 302 g/mol. The second-order valence-corrected chi connectivity index (χ2v) is 6.78. The zero-order valence-electron chi connectivity index (χ0n) is 13.4. The Morgan fingerprint density at radius 2 is 1.68 bits per heavy atom. The maximum absolute atomic E-state index is 13.1. The Morgan fingerprint density at radius 3 is 2.27 bits per heavy atom. The van der Waals surface area contributed by atoms with Gasteiger partial charge >= 0.3 is 0 Å². The van der Waals surface area contributed by atoms with Gasteiger partial charge in [-0.05, 0) is 25.5 Å². The molecule has 1 saturated carbocycles. The monoisotopic (exact) mass is 302 g/mol. The highest BCUT2D eigenvalue weighted by atomic mass is 16.3. The van der Waals surface area contributed by atoms with Crippen molar-refractivity contribution in [1.82, 2.24) is 9.80 Å². The van der Waals surface area contributed by atoms with Gasteiger partial charge in [0.25, 0.3) is 0 Å². The molecule has 1 saturated heterocycles. The van der Waals surface area contributed by atoms with Gasteiger partial charge in [-0.2, -0.15) is 0 Å². The highest BCUT2D eigenvalue weighted by Gasteiger charge is 2.45. The minimum atomic E-state index is -0.873. The molecule has 0 aromatic heterocycles. The van der Waals surface area contributed by atoms with Gasteiger partial charge in [-0.25, -0.2) is 0 Å². The molecule has 0 spiro atoms. The third-order valence-corrected chi connectivity index (χ3v) is 5.20. The number of hydrogen-bond acceptors (Lipinski definition) is 3. The SMILES string of the molecule is CN1CCN(C(=O)C(c2ccccc2)C2(O)CCCC2)CC1. The number of aliphatic hydroxyl groups is 1. The smallest absolute Gasteiger partial charge is 0.233 e. The van der Waals surface area contributed by atoms with E-state index in [1.54, 1.807) is 0 Å². The third-order valence-electron chi connectivity index (χ3n) is 5.20. The van der Waals surface area contributed by atoms with E-state index in [2.05, 4.69) is 11.9 Å². The van der Waals surface area contributed by atoms with Crippen molar-refractivity contribution in [1.29, 1.82) is 0 Å². The molecule has 2 aliphatic rings. The van der Waals surface area contributed by atoms with Crippen LogP contribution < -0.4 is 0 Å². The predicted octanol–water partition coefficient (Wildman–Crippen LogP) is 1.85. The molecular formula is C18H26N2O2. The average Bonchev–Trinajstić information content (AvgIpc) is 2.96. The minimum Gasteiger partial charge on any atom is -0.389 e. The number of carbonyl (C=O) groups excluding carboxylic acids is 1. The lowest BCUT2D eigenvalue weighted by atomic mass is 9.79. The molecule has 4 nitrogen and oxygen atoms in total. The number of carbonyl (C=O) groups is 1. The molecule has 4 heteroatoms. The van der Waals surface area contributed by atoms with Crippen LogP contribution in [0.15, 0.2) is 30.3 Å². The van der Waals surface area contributed by atoms with Crippen molar-refractivity contribution in [2.75, 3.05) is 33.2 Å². The summed E-state index contributed by atoms with van der Waals surface area (Å²) in [5, 5.41) is 11.1. The van der Waals surface area contributed by atoms with Crippen LogP contribution in [0.1, 0.15) is 37.2 Å². The van der Waals surface area contributed by atoms with E-state index in [9.17, 15) is 9.90 Å². The molecule has 1 amide bonds. The van der Waals surface area contributed by atoms with Gasteiger partial charge in [-0.15, -0.1) is 0 Å². The molecule has 1 aromatic carbocycles. The first kappa shape index (κ1) is 15.5. The van der Waals surface area contributed by atoms with Crippen LogP contribution >= 0.6 is 0 Å². The van der Waals surface area contributed by atoms with Gasteiger partial charge in [0.15, 0.2) is 0 Å². The first-order valence-corrected chi connectivity index (χ1v) is 8.35. The molecular weight excluding hydrogens is 276 g/mol. The van der Waals surface area contributed by atoms with Crippen LogP contribution in [-0.2, 0) is 4.79 Å². The summed E-state index contributed by atoms with van der Waals surface area (Å²) < 4.78 is 0. The fourth-order valence-electron chi connectivity index (χ4n) is 3.81. The lowest BCUT2D eigenvalue weighted by Crippen LogP contribution is -2.52. The van der Waals surface area contributed by atoms with E-state index in [1.165, 1.54) is 0 Å². The van der Waals surface area contributed by atoms with Gasteiger partial charge in [0.2, 0.25) is 5.91 Å². The summed E-state index contributed by atoms with van der Waals surface area (Å²) in [6.45, 7) is 3.33. The quantitative estimate of drug-likeness (QED) is 0.927. The molecule has 1 aliphatic heterocycles. The highest BCUT2D eigenvalue weighted by molar-refractivity contribution is 5.85. The fourth-order valence-corrected chi connectivity index (χ4v) is 3.81. The van der Waals surface area contributed by atoms with E-state index in [0.717, 1.165) is 57.4 Å². The Morgan fingerprint density at radius 1 is 1.09 bits per heavy atom. The Kier molecular flexibility index (Phi) is 4.50. The van der Waals surface area contributed by atoms with Crippen molar-refractivity contribution in [3.05, 3.63) is 35.9 Å². The number of rotatable bonds is 3. The zero-order valence-corrected chi connectivity index (χ0v) is 13.4. The van der Waals surface area contributed by atoms with E-state index in [0.29, 0.717) is 0 Å². The number of nitrogens with zero attached hydrogens (tertiary/aromatic N) is 2. The lowest BCUT2D eigenvalue weighted by Gasteiger charge is -2.39. The maximum atomic E-state index is 13.1. The second-order valence-electron chi connectivity index (χ2n) is 6.78. The summed E-state index contributed by atoms with van der Waals surface area (Å²) in [5.74, 6) is -0.316. The molecule has 1 atom stereocenters. The largest absolute Gasteiger partial charge is 0.389 e. The van der Waals surface area contributed by atoms with E-state index in [4.69, 9.17) is 0 Å². The van der Waals surface area contributed by atoms with E-state index < -0.39 is 11.5 Å². The first-order valence-electron chi connectivity index (χ1n) is 8.35. The summed E-state index contributed by atoms with van der Waals surface area (Å²) in [6, 6.07) is 9.83. The van der Waals surface area contributed by atoms with Crippen LogP contribution in [-0.4, -0.2) is 59.6 Å². The second kappa shape index (κ2) is 6.39. The molecule has 1 unspecified atom stereocenters. The number of benzene rings is 1. The van der Waals surface area contributed by atoms with E-state index >= 15 is 0 Å². The van der Waals surface area contributed by atoms with Gasteiger partial charge in [0, 0.05) is 26.2 Å². The molecule has 2 fully saturated rings. The summed E-state index contributed by atoms with van der Waals surface area (Å²) in [7, 11) is 2.08. The molecule has 1 N–H and O–H groups in total. The van der Waals surface area contributed by atoms with Crippen LogP contribution in [0.5, 0.6) is 0 Å². The highest BCUT2D eigenvalue weighted by Crippen LogP contribution is 2.42. The molecule has 1 aromatic rings. The zero-order chi connectivity index (χ0) is 15.6. The molecule has 3 rings (SSSR count). The van der Waals surface area contributed by atoms with Crippen molar-refractivity contribution in [2.24, 2.45) is 0 Å². The Hall–Kier alpha value is -1.39. The van der Waals surface area contributed by atoms with Gasteiger partial charge in [0.05, 0.1) is 11.5 Å². The molecule has 120 valence electrons. The lowest BCUT2D eigenvalue weighted by molar-refractivity contribution is -0.141. The maximum Gasteiger partial charge on any atom is 0.233 e. The Labute approximate surface area is 132 Å².